The Balaban J connectivity index is 2.61. The van der Waals surface area contributed by atoms with E-state index in [1.54, 1.807) is 25.9 Å². The molecule has 1 aliphatic heterocycles. The van der Waals surface area contributed by atoms with Gasteiger partial charge in [-0.05, 0) is 6.92 Å². The summed E-state index contributed by atoms with van der Waals surface area (Å²) < 4.78 is 0. The third-order valence-electron chi connectivity index (χ3n) is 2.58. The van der Waals surface area contributed by atoms with Gasteiger partial charge in [-0.25, -0.2) is 0 Å². The number of nitrogens with one attached hydrogen (secondary N) is 1. The molecule has 2 atom stereocenters. The van der Waals surface area contributed by atoms with Gasteiger partial charge in [-0.3, -0.25) is 9.69 Å². The van der Waals surface area contributed by atoms with E-state index in [0.29, 0.717) is 13.1 Å². The fraction of sp³-hybridized carbons (Fsp3) is 0.900. The van der Waals surface area contributed by atoms with Gasteiger partial charge in [-0.1, -0.05) is 0 Å². The molecule has 0 aliphatic carbocycles. The van der Waals surface area contributed by atoms with E-state index in [0.717, 1.165) is 13.1 Å². The first kappa shape index (κ1) is 12.4. The number of hydrogen-bond acceptors (Lipinski definition) is 4. The van der Waals surface area contributed by atoms with Crippen LogP contribution < -0.4 is 5.32 Å². The molecule has 0 bridgehead atoms. The first-order valence-electron chi connectivity index (χ1n) is 5.36. The Morgan fingerprint density at radius 2 is 2.33 bits per heavy atom. The lowest BCUT2D eigenvalue weighted by Gasteiger charge is -2.36. The summed E-state index contributed by atoms with van der Waals surface area (Å²) in [6.45, 7) is 4.67. The standard InChI is InChI=1S/C10H21N3O2/c1-8(14)7-13-5-4-11-6-9(13)10(15)12(2)3/h8-9,11,14H,4-7H2,1-3H3/t8-,9?/m0/s1. The maximum Gasteiger partial charge on any atom is 0.240 e. The predicted octanol–water partition coefficient (Wildman–Crippen LogP) is -1.27. The van der Waals surface area contributed by atoms with Crippen molar-refractivity contribution in [3.63, 3.8) is 0 Å². The van der Waals surface area contributed by atoms with Crippen LogP contribution in [0.1, 0.15) is 6.92 Å². The molecular weight excluding hydrogens is 194 g/mol. The van der Waals surface area contributed by atoms with Crippen molar-refractivity contribution in [2.24, 2.45) is 0 Å². The van der Waals surface area contributed by atoms with E-state index in [2.05, 4.69) is 5.32 Å². The van der Waals surface area contributed by atoms with Crippen molar-refractivity contribution < 1.29 is 9.90 Å². The molecule has 0 saturated carbocycles. The van der Waals surface area contributed by atoms with Crippen LogP contribution in [-0.2, 0) is 4.79 Å². The fourth-order valence-corrected chi connectivity index (χ4v) is 1.85. The number of carbonyl (C=O) groups excluding carboxylic acids is 1. The molecule has 1 unspecified atom stereocenters. The summed E-state index contributed by atoms with van der Waals surface area (Å²) in [6.07, 6.45) is -0.388. The normalized spacial score (nSPS) is 24.9. The molecule has 1 aliphatic rings. The average Bonchev–Trinajstić information content (AvgIpc) is 2.16. The molecule has 0 aromatic heterocycles. The van der Waals surface area contributed by atoms with E-state index in [-0.39, 0.29) is 18.1 Å². The Bertz CT molecular complexity index is 219. The van der Waals surface area contributed by atoms with Crippen LogP contribution in [0.15, 0.2) is 0 Å². The summed E-state index contributed by atoms with van der Waals surface area (Å²) in [6, 6.07) is -0.136. The monoisotopic (exact) mass is 215 g/mol. The van der Waals surface area contributed by atoms with Crippen molar-refractivity contribution >= 4 is 5.91 Å². The molecule has 0 radical (unpaired) electrons. The SMILES string of the molecule is C[C@H](O)CN1CCNCC1C(=O)N(C)C. The lowest BCUT2D eigenvalue weighted by atomic mass is 10.1. The number of rotatable bonds is 3. The zero-order valence-corrected chi connectivity index (χ0v) is 9.73. The minimum atomic E-state index is -0.388. The molecule has 0 aromatic carbocycles. The van der Waals surface area contributed by atoms with Gasteiger partial charge >= 0.3 is 0 Å². The third kappa shape index (κ3) is 3.44. The molecule has 1 heterocycles. The number of amides is 1. The van der Waals surface area contributed by atoms with Gasteiger partial charge in [0, 0.05) is 40.3 Å². The second-order valence-corrected chi connectivity index (χ2v) is 4.30. The second-order valence-electron chi connectivity index (χ2n) is 4.30. The minimum absolute atomic E-state index is 0.0999. The molecule has 1 rings (SSSR count). The summed E-state index contributed by atoms with van der Waals surface area (Å²) in [5.74, 6) is 0.0999. The number of aliphatic hydroxyl groups is 1. The number of likely N-dealkylation sites (N-methyl/N-ethyl adjacent to an activating group) is 1. The highest BCUT2D eigenvalue weighted by molar-refractivity contribution is 5.81. The Morgan fingerprint density at radius 3 is 2.87 bits per heavy atom. The van der Waals surface area contributed by atoms with E-state index >= 15 is 0 Å². The van der Waals surface area contributed by atoms with Crippen molar-refractivity contribution in [2.45, 2.75) is 19.1 Å². The predicted molar refractivity (Wildman–Crippen MR) is 58.6 cm³/mol. The first-order chi connectivity index (χ1) is 7.02. The topological polar surface area (TPSA) is 55.8 Å². The smallest absolute Gasteiger partial charge is 0.240 e. The first-order valence-corrected chi connectivity index (χ1v) is 5.36. The van der Waals surface area contributed by atoms with Crippen molar-refractivity contribution in [3.8, 4) is 0 Å². The Kier molecular flexibility index (Phi) is 4.50. The molecule has 88 valence electrons. The maximum absolute atomic E-state index is 11.9. The lowest BCUT2D eigenvalue weighted by molar-refractivity contribution is -0.135. The average molecular weight is 215 g/mol. The zero-order chi connectivity index (χ0) is 11.4. The maximum atomic E-state index is 11.9. The molecule has 1 saturated heterocycles. The van der Waals surface area contributed by atoms with E-state index in [9.17, 15) is 9.90 Å². The van der Waals surface area contributed by atoms with Crippen LogP contribution in [0, 0.1) is 0 Å². The molecule has 1 fully saturated rings. The Morgan fingerprint density at radius 1 is 1.67 bits per heavy atom. The zero-order valence-electron chi connectivity index (χ0n) is 9.73. The van der Waals surface area contributed by atoms with Gasteiger partial charge in [0.1, 0.15) is 6.04 Å². The summed E-state index contributed by atoms with van der Waals surface area (Å²) in [5.41, 5.74) is 0. The minimum Gasteiger partial charge on any atom is -0.392 e. The largest absolute Gasteiger partial charge is 0.392 e. The number of piperazine rings is 1. The summed E-state index contributed by atoms with van der Waals surface area (Å²) >= 11 is 0. The van der Waals surface area contributed by atoms with Crippen LogP contribution in [0.3, 0.4) is 0 Å². The molecule has 1 amide bonds. The van der Waals surface area contributed by atoms with E-state index in [1.165, 1.54) is 0 Å². The van der Waals surface area contributed by atoms with Crippen LogP contribution in [0.5, 0.6) is 0 Å². The van der Waals surface area contributed by atoms with Crippen LogP contribution in [0.4, 0.5) is 0 Å². The van der Waals surface area contributed by atoms with Gasteiger partial charge in [0.2, 0.25) is 5.91 Å². The van der Waals surface area contributed by atoms with Crippen molar-refractivity contribution in [1.82, 2.24) is 15.1 Å². The number of hydrogen-bond donors (Lipinski definition) is 2. The van der Waals surface area contributed by atoms with Gasteiger partial charge in [-0.15, -0.1) is 0 Å². The fourth-order valence-electron chi connectivity index (χ4n) is 1.85. The van der Waals surface area contributed by atoms with Gasteiger partial charge in [0.05, 0.1) is 6.10 Å². The van der Waals surface area contributed by atoms with Crippen molar-refractivity contribution in [1.29, 1.82) is 0 Å². The quantitative estimate of drug-likeness (QED) is 0.616. The lowest BCUT2D eigenvalue weighted by Crippen LogP contribution is -2.58. The van der Waals surface area contributed by atoms with Crippen molar-refractivity contribution in [3.05, 3.63) is 0 Å². The number of β-amino-alcohol motifs (C(OH)–C–C–N with tert-alkyl or cyclic N) is 1. The van der Waals surface area contributed by atoms with Gasteiger partial charge in [0.25, 0.3) is 0 Å². The molecule has 0 aromatic rings. The summed E-state index contributed by atoms with van der Waals surface area (Å²) in [4.78, 5) is 15.5. The summed E-state index contributed by atoms with van der Waals surface area (Å²) in [5, 5.41) is 12.6. The van der Waals surface area contributed by atoms with E-state index in [1.807, 2.05) is 4.90 Å². The number of aliphatic hydroxyl groups excluding tert-OH is 1. The van der Waals surface area contributed by atoms with Crippen LogP contribution in [0.25, 0.3) is 0 Å². The molecule has 2 N–H and O–H groups in total. The Hall–Kier alpha value is -0.650. The molecular formula is C10H21N3O2. The van der Waals surface area contributed by atoms with Gasteiger partial charge in [0.15, 0.2) is 0 Å². The van der Waals surface area contributed by atoms with Crippen LogP contribution in [0.2, 0.25) is 0 Å². The number of nitrogens with zero attached hydrogens (tertiary/aromatic N) is 2. The van der Waals surface area contributed by atoms with Crippen LogP contribution in [-0.4, -0.2) is 73.2 Å². The van der Waals surface area contributed by atoms with E-state index < -0.39 is 0 Å². The van der Waals surface area contributed by atoms with E-state index in [4.69, 9.17) is 0 Å². The Labute approximate surface area is 91.0 Å². The summed E-state index contributed by atoms with van der Waals surface area (Å²) in [7, 11) is 3.52. The second kappa shape index (κ2) is 5.44. The van der Waals surface area contributed by atoms with Crippen molar-refractivity contribution in [2.75, 3.05) is 40.3 Å². The highest BCUT2D eigenvalue weighted by Gasteiger charge is 2.29. The molecule has 5 nitrogen and oxygen atoms in total. The highest BCUT2D eigenvalue weighted by atomic mass is 16.3. The molecule has 0 spiro atoms. The third-order valence-corrected chi connectivity index (χ3v) is 2.58. The van der Waals surface area contributed by atoms with Gasteiger partial charge in [-0.2, -0.15) is 0 Å². The molecule has 15 heavy (non-hydrogen) atoms. The highest BCUT2D eigenvalue weighted by Crippen LogP contribution is 2.06. The number of carbonyl (C=O) groups is 1. The molecule has 5 heteroatoms. The van der Waals surface area contributed by atoms with Gasteiger partial charge < -0.3 is 15.3 Å². The van der Waals surface area contributed by atoms with Crippen LogP contribution >= 0.6 is 0 Å².